The molecule has 1 aliphatic rings. The van der Waals surface area contributed by atoms with Crippen molar-refractivity contribution >= 4 is 11.8 Å². The summed E-state index contributed by atoms with van der Waals surface area (Å²) in [5.74, 6) is 3.58. The molecule has 0 saturated carbocycles. The second-order valence-electron chi connectivity index (χ2n) is 4.66. The van der Waals surface area contributed by atoms with E-state index < -0.39 is 5.60 Å². The summed E-state index contributed by atoms with van der Waals surface area (Å²) in [6.07, 6.45) is 0.791. The maximum atomic E-state index is 5.32. The van der Waals surface area contributed by atoms with Crippen molar-refractivity contribution in [1.82, 2.24) is 15.5 Å². The molecule has 0 bridgehead atoms. The van der Waals surface area contributed by atoms with E-state index in [1.807, 2.05) is 25.6 Å². The highest BCUT2D eigenvalue weighted by Crippen LogP contribution is 2.21. The van der Waals surface area contributed by atoms with Gasteiger partial charge in [-0.2, -0.15) is 16.7 Å². The molecule has 1 unspecified atom stereocenters. The van der Waals surface area contributed by atoms with Crippen LogP contribution in [-0.2, 0) is 16.8 Å². The number of aromatic nitrogens is 2. The highest BCUT2D eigenvalue weighted by molar-refractivity contribution is 7.99. The Bertz CT molecular complexity index is 361. The zero-order valence-corrected chi connectivity index (χ0v) is 11.3. The van der Waals surface area contributed by atoms with Crippen LogP contribution in [0.1, 0.15) is 25.6 Å². The molecule has 0 amide bonds. The van der Waals surface area contributed by atoms with Crippen LogP contribution in [0.15, 0.2) is 4.52 Å². The topological polar surface area (TPSA) is 60.2 Å². The smallest absolute Gasteiger partial charge is 0.228 e. The Morgan fingerprint density at radius 1 is 1.59 bits per heavy atom. The number of hydrogen-bond acceptors (Lipinski definition) is 6. The van der Waals surface area contributed by atoms with Crippen molar-refractivity contribution in [2.75, 3.05) is 25.2 Å². The first-order valence-electron chi connectivity index (χ1n) is 5.81. The van der Waals surface area contributed by atoms with Gasteiger partial charge in [0.1, 0.15) is 5.60 Å². The molecule has 1 atom stereocenters. The molecule has 5 nitrogen and oxygen atoms in total. The van der Waals surface area contributed by atoms with Crippen LogP contribution in [0, 0.1) is 0 Å². The minimum Gasteiger partial charge on any atom is -0.371 e. The predicted octanol–water partition coefficient (Wildman–Crippen LogP) is 1.20. The molecule has 6 heteroatoms. The molecule has 96 valence electrons. The third kappa shape index (κ3) is 3.20. The fourth-order valence-electron chi connectivity index (χ4n) is 1.64. The Balaban J connectivity index is 1.98. The van der Waals surface area contributed by atoms with Gasteiger partial charge >= 0.3 is 0 Å². The maximum absolute atomic E-state index is 5.32. The Hall–Kier alpha value is -0.590. The van der Waals surface area contributed by atoms with Crippen molar-refractivity contribution in [3.63, 3.8) is 0 Å². The van der Waals surface area contributed by atoms with Gasteiger partial charge in [0.25, 0.3) is 0 Å². The number of hydrogen-bond donors (Lipinski definition) is 1. The molecular weight excluding hydrogens is 238 g/mol. The normalized spacial score (nSPS) is 21.7. The lowest BCUT2D eigenvalue weighted by atomic mass is 10.1. The molecule has 1 aromatic heterocycles. The van der Waals surface area contributed by atoms with Crippen LogP contribution in [0.3, 0.4) is 0 Å². The van der Waals surface area contributed by atoms with Gasteiger partial charge in [0.2, 0.25) is 11.7 Å². The van der Waals surface area contributed by atoms with Gasteiger partial charge in [-0.15, -0.1) is 0 Å². The van der Waals surface area contributed by atoms with Crippen molar-refractivity contribution in [3.05, 3.63) is 11.7 Å². The van der Waals surface area contributed by atoms with Crippen LogP contribution in [-0.4, -0.2) is 41.3 Å². The first-order chi connectivity index (χ1) is 8.12. The van der Waals surface area contributed by atoms with Crippen LogP contribution in [0.5, 0.6) is 0 Å². The third-order valence-electron chi connectivity index (χ3n) is 2.94. The Kier molecular flexibility index (Phi) is 4.06. The molecule has 0 spiro atoms. The SMILES string of the molecule is COC(C)(C)c1noc(CC2CSCCN2)n1. The molecule has 1 saturated heterocycles. The van der Waals surface area contributed by atoms with E-state index in [0.717, 1.165) is 18.7 Å². The number of methoxy groups -OCH3 is 1. The summed E-state index contributed by atoms with van der Waals surface area (Å²) in [6.45, 7) is 4.91. The van der Waals surface area contributed by atoms with Crippen molar-refractivity contribution in [3.8, 4) is 0 Å². The van der Waals surface area contributed by atoms with Gasteiger partial charge in [-0.25, -0.2) is 0 Å². The average molecular weight is 257 g/mol. The van der Waals surface area contributed by atoms with Crippen LogP contribution in [0.2, 0.25) is 0 Å². The lowest BCUT2D eigenvalue weighted by molar-refractivity contribution is 0.00973. The number of nitrogens with one attached hydrogen (secondary N) is 1. The van der Waals surface area contributed by atoms with E-state index in [-0.39, 0.29) is 0 Å². The Morgan fingerprint density at radius 2 is 2.41 bits per heavy atom. The van der Waals surface area contributed by atoms with Crippen molar-refractivity contribution in [2.24, 2.45) is 0 Å². The van der Waals surface area contributed by atoms with Crippen molar-refractivity contribution in [1.29, 1.82) is 0 Å². The minimum atomic E-state index is -0.490. The first-order valence-corrected chi connectivity index (χ1v) is 6.96. The van der Waals surface area contributed by atoms with Gasteiger partial charge in [0.15, 0.2) is 0 Å². The molecule has 1 aromatic rings. The summed E-state index contributed by atoms with van der Waals surface area (Å²) in [5.41, 5.74) is -0.490. The molecule has 0 aromatic carbocycles. The lowest BCUT2D eigenvalue weighted by Crippen LogP contribution is -2.39. The predicted molar refractivity (Wildman–Crippen MR) is 67.2 cm³/mol. The molecule has 1 aliphatic heterocycles. The average Bonchev–Trinajstić information content (AvgIpc) is 2.80. The summed E-state index contributed by atoms with van der Waals surface area (Å²) in [7, 11) is 1.65. The number of ether oxygens (including phenoxy) is 1. The van der Waals surface area contributed by atoms with Crippen molar-refractivity contribution < 1.29 is 9.26 Å². The monoisotopic (exact) mass is 257 g/mol. The van der Waals surface area contributed by atoms with Gasteiger partial charge in [-0.05, 0) is 13.8 Å². The molecule has 1 N–H and O–H groups in total. The maximum Gasteiger partial charge on any atom is 0.228 e. The van der Waals surface area contributed by atoms with Crippen LogP contribution >= 0.6 is 11.8 Å². The van der Waals surface area contributed by atoms with E-state index >= 15 is 0 Å². The third-order valence-corrected chi connectivity index (χ3v) is 4.07. The molecule has 1 fully saturated rings. The number of rotatable bonds is 4. The van der Waals surface area contributed by atoms with E-state index in [0.29, 0.717) is 17.8 Å². The highest BCUT2D eigenvalue weighted by atomic mass is 32.2. The minimum absolute atomic E-state index is 0.438. The summed E-state index contributed by atoms with van der Waals surface area (Å²) >= 11 is 1.96. The lowest BCUT2D eigenvalue weighted by Gasteiger charge is -2.21. The standard InChI is InChI=1S/C11H19N3O2S/c1-11(2,15-3)10-13-9(16-14-10)6-8-7-17-5-4-12-8/h8,12H,4-7H2,1-3H3. The van der Waals surface area contributed by atoms with Crippen LogP contribution in [0.4, 0.5) is 0 Å². The van der Waals surface area contributed by atoms with Gasteiger partial charge in [-0.1, -0.05) is 5.16 Å². The number of thioether (sulfide) groups is 1. The van der Waals surface area contributed by atoms with E-state index in [1.165, 1.54) is 5.75 Å². The quantitative estimate of drug-likeness (QED) is 0.874. The molecule has 2 heterocycles. The first kappa shape index (κ1) is 12.9. The Morgan fingerprint density at radius 3 is 3.06 bits per heavy atom. The molecular formula is C11H19N3O2S. The van der Waals surface area contributed by atoms with Crippen LogP contribution < -0.4 is 5.32 Å². The molecule has 0 aliphatic carbocycles. The van der Waals surface area contributed by atoms with E-state index in [4.69, 9.17) is 9.26 Å². The molecule has 17 heavy (non-hydrogen) atoms. The van der Waals surface area contributed by atoms with Crippen LogP contribution in [0.25, 0.3) is 0 Å². The van der Waals surface area contributed by atoms with Gasteiger partial charge in [-0.3, -0.25) is 0 Å². The van der Waals surface area contributed by atoms with Gasteiger partial charge in [0, 0.05) is 37.6 Å². The highest BCUT2D eigenvalue weighted by Gasteiger charge is 2.27. The van der Waals surface area contributed by atoms with E-state index in [2.05, 4.69) is 15.5 Å². The summed E-state index contributed by atoms with van der Waals surface area (Å²) in [4.78, 5) is 4.39. The molecule has 2 rings (SSSR count). The fraction of sp³-hybridized carbons (Fsp3) is 0.818. The Labute approximate surface area is 106 Å². The van der Waals surface area contributed by atoms with Gasteiger partial charge < -0.3 is 14.6 Å². The zero-order valence-electron chi connectivity index (χ0n) is 10.5. The largest absolute Gasteiger partial charge is 0.371 e. The zero-order chi connectivity index (χ0) is 12.3. The second kappa shape index (κ2) is 5.37. The molecule has 0 radical (unpaired) electrons. The fourth-order valence-corrected chi connectivity index (χ4v) is 2.58. The van der Waals surface area contributed by atoms with Crippen molar-refractivity contribution in [2.45, 2.75) is 31.9 Å². The number of nitrogens with zero attached hydrogens (tertiary/aromatic N) is 2. The summed E-state index contributed by atoms with van der Waals surface area (Å²) < 4.78 is 10.6. The summed E-state index contributed by atoms with van der Waals surface area (Å²) in [5, 5.41) is 7.43. The second-order valence-corrected chi connectivity index (χ2v) is 5.81. The van der Waals surface area contributed by atoms with E-state index in [9.17, 15) is 0 Å². The van der Waals surface area contributed by atoms with E-state index in [1.54, 1.807) is 7.11 Å². The summed E-state index contributed by atoms with van der Waals surface area (Å²) in [6, 6.07) is 0.438. The van der Waals surface area contributed by atoms with Gasteiger partial charge in [0.05, 0.1) is 0 Å².